The molecule has 0 spiro atoms. The zero-order valence-electron chi connectivity index (χ0n) is 10.4. The van der Waals surface area contributed by atoms with E-state index in [0.717, 1.165) is 10.9 Å². The van der Waals surface area contributed by atoms with Gasteiger partial charge in [0.25, 0.3) is 0 Å². The van der Waals surface area contributed by atoms with Crippen molar-refractivity contribution in [2.24, 2.45) is 12.9 Å². The van der Waals surface area contributed by atoms with E-state index in [1.807, 2.05) is 5.43 Å². The fraction of sp³-hybridized carbons (Fsp3) is 0.182. The van der Waals surface area contributed by atoms with E-state index in [4.69, 9.17) is 17.4 Å². The van der Waals surface area contributed by atoms with E-state index in [1.165, 1.54) is 7.05 Å². The highest BCUT2D eigenvalue weighted by molar-refractivity contribution is 6.31. The topological polar surface area (TPSA) is 55.9 Å². The molecule has 1 atom stereocenters. The quantitative estimate of drug-likeness (QED) is 0.299. The molecule has 0 saturated carbocycles. The molecule has 2 rings (SSSR count). The Kier molecular flexibility index (Phi) is 4.17. The van der Waals surface area contributed by atoms with Crippen LogP contribution in [0.4, 0.5) is 22.0 Å². The van der Waals surface area contributed by atoms with E-state index >= 15 is 0 Å². The van der Waals surface area contributed by atoms with E-state index in [-0.39, 0.29) is 10.7 Å². The number of benzene rings is 1. The maximum Gasteiger partial charge on any atom is 0.200 e. The van der Waals surface area contributed by atoms with Crippen molar-refractivity contribution in [2.75, 3.05) is 0 Å². The maximum absolute atomic E-state index is 13.8. The molecule has 114 valence electrons. The molecule has 3 N–H and O–H groups in total. The highest BCUT2D eigenvalue weighted by Crippen LogP contribution is 2.33. The lowest BCUT2D eigenvalue weighted by Gasteiger charge is -2.19. The van der Waals surface area contributed by atoms with E-state index < -0.39 is 40.7 Å². The molecule has 21 heavy (non-hydrogen) atoms. The molecule has 1 unspecified atom stereocenters. The molecule has 1 aromatic carbocycles. The van der Waals surface area contributed by atoms with E-state index in [0.29, 0.717) is 0 Å². The molecule has 0 amide bonds. The van der Waals surface area contributed by atoms with Gasteiger partial charge in [0, 0.05) is 7.05 Å². The summed E-state index contributed by atoms with van der Waals surface area (Å²) in [5.41, 5.74) is 0.784. The van der Waals surface area contributed by atoms with Gasteiger partial charge in [-0.2, -0.15) is 5.10 Å². The third-order valence-electron chi connectivity index (χ3n) is 2.91. The second kappa shape index (κ2) is 5.58. The number of rotatable bonds is 3. The fourth-order valence-corrected chi connectivity index (χ4v) is 2.19. The number of hydrogen-bond acceptors (Lipinski definition) is 3. The van der Waals surface area contributed by atoms with Crippen molar-refractivity contribution < 1.29 is 22.0 Å². The van der Waals surface area contributed by atoms with Crippen LogP contribution in [0.3, 0.4) is 0 Å². The Bertz CT molecular complexity index is 654. The van der Waals surface area contributed by atoms with Crippen molar-refractivity contribution in [2.45, 2.75) is 6.04 Å². The number of nitrogens with zero attached hydrogens (tertiary/aromatic N) is 2. The van der Waals surface area contributed by atoms with Crippen molar-refractivity contribution in [3.05, 3.63) is 51.6 Å². The summed E-state index contributed by atoms with van der Waals surface area (Å²) < 4.78 is 68.3. The van der Waals surface area contributed by atoms with Gasteiger partial charge >= 0.3 is 0 Å². The summed E-state index contributed by atoms with van der Waals surface area (Å²) in [5, 5.41) is 3.66. The molecule has 0 aliphatic carbocycles. The van der Waals surface area contributed by atoms with E-state index in [9.17, 15) is 22.0 Å². The Labute approximate surface area is 120 Å². The van der Waals surface area contributed by atoms with Crippen LogP contribution in [0.1, 0.15) is 17.3 Å². The number of hydrogen-bond donors (Lipinski definition) is 2. The predicted octanol–water partition coefficient (Wildman–Crippen LogP) is 2.32. The molecule has 1 aromatic heterocycles. The molecule has 0 aliphatic heterocycles. The van der Waals surface area contributed by atoms with Crippen LogP contribution in [-0.2, 0) is 7.05 Å². The lowest BCUT2D eigenvalue weighted by molar-refractivity contribution is 0.360. The monoisotopic (exact) mass is 326 g/mol. The number of aromatic nitrogens is 2. The third-order valence-corrected chi connectivity index (χ3v) is 3.20. The molecule has 0 saturated heterocycles. The minimum absolute atomic E-state index is 0.0515. The zero-order valence-corrected chi connectivity index (χ0v) is 11.2. The second-order valence-corrected chi connectivity index (χ2v) is 4.49. The summed E-state index contributed by atoms with van der Waals surface area (Å²) in [5.74, 6) is -5.18. The molecule has 0 bridgehead atoms. The number of nitrogens with one attached hydrogen (secondary N) is 1. The van der Waals surface area contributed by atoms with E-state index in [2.05, 4.69) is 5.10 Å². The Balaban J connectivity index is 2.75. The van der Waals surface area contributed by atoms with Gasteiger partial charge in [0.15, 0.2) is 23.3 Å². The number of nitrogens with two attached hydrogens (primary N) is 1. The summed E-state index contributed by atoms with van der Waals surface area (Å²) in [6, 6.07) is -1.57. The van der Waals surface area contributed by atoms with Crippen molar-refractivity contribution in [1.82, 2.24) is 15.2 Å². The summed E-state index contributed by atoms with van der Waals surface area (Å²) in [7, 11) is 1.37. The van der Waals surface area contributed by atoms with Crippen molar-refractivity contribution in [3.63, 3.8) is 0 Å². The zero-order chi connectivity index (χ0) is 15.9. The van der Waals surface area contributed by atoms with Crippen LogP contribution in [0.5, 0.6) is 0 Å². The molecule has 4 nitrogen and oxygen atoms in total. The van der Waals surface area contributed by atoms with Crippen molar-refractivity contribution in [1.29, 1.82) is 0 Å². The third kappa shape index (κ3) is 2.37. The van der Waals surface area contributed by atoms with Gasteiger partial charge in [0.05, 0.1) is 28.5 Å². The molecule has 0 fully saturated rings. The molecule has 2 aromatic rings. The molecular formula is C11H8ClF5N4. The molecule has 0 aliphatic rings. The first-order valence-electron chi connectivity index (χ1n) is 5.46. The Hall–Kier alpha value is -1.71. The van der Waals surface area contributed by atoms with Crippen LogP contribution >= 0.6 is 11.6 Å². The lowest BCUT2D eigenvalue weighted by atomic mass is 10.0. The van der Waals surface area contributed by atoms with Gasteiger partial charge in [0.2, 0.25) is 5.82 Å². The van der Waals surface area contributed by atoms with Gasteiger partial charge in [-0.25, -0.2) is 27.4 Å². The largest absolute Gasteiger partial charge is 0.271 e. The lowest BCUT2D eigenvalue weighted by Crippen LogP contribution is -2.33. The first-order chi connectivity index (χ1) is 9.81. The van der Waals surface area contributed by atoms with Crippen LogP contribution < -0.4 is 11.3 Å². The van der Waals surface area contributed by atoms with Gasteiger partial charge in [-0.05, 0) is 0 Å². The average Bonchev–Trinajstić information content (AvgIpc) is 2.79. The number of aryl methyl sites for hydroxylation is 1. The molecule has 1 heterocycles. The summed E-state index contributed by atoms with van der Waals surface area (Å²) in [6.45, 7) is 0. The Morgan fingerprint density at radius 3 is 1.95 bits per heavy atom. The smallest absolute Gasteiger partial charge is 0.200 e. The molecule has 10 heteroatoms. The van der Waals surface area contributed by atoms with Crippen LogP contribution in [-0.4, -0.2) is 9.78 Å². The van der Waals surface area contributed by atoms with Gasteiger partial charge in [-0.3, -0.25) is 10.5 Å². The fourth-order valence-electron chi connectivity index (χ4n) is 1.92. The minimum atomic E-state index is -2.25. The summed E-state index contributed by atoms with van der Waals surface area (Å²) in [6.07, 6.45) is 1.15. The van der Waals surface area contributed by atoms with Crippen LogP contribution in [0.25, 0.3) is 0 Å². The van der Waals surface area contributed by atoms with Gasteiger partial charge in [0.1, 0.15) is 0 Å². The summed E-state index contributed by atoms with van der Waals surface area (Å²) >= 11 is 5.80. The van der Waals surface area contributed by atoms with Crippen LogP contribution in [0.15, 0.2) is 6.20 Å². The normalized spacial score (nSPS) is 12.8. The second-order valence-electron chi connectivity index (χ2n) is 4.08. The highest BCUT2D eigenvalue weighted by Gasteiger charge is 2.33. The van der Waals surface area contributed by atoms with Crippen molar-refractivity contribution >= 4 is 11.6 Å². The Morgan fingerprint density at radius 1 is 1.10 bits per heavy atom. The SMILES string of the molecule is Cn1ncc(Cl)c1C(NN)c1c(F)c(F)c(F)c(F)c1F. The standard InChI is InChI=1S/C11H8ClF5N4/c1-21-11(3(12)2-19-21)10(20-18)4-5(13)7(15)9(17)8(16)6(4)14/h2,10,20H,18H2,1H3. The molecular weight excluding hydrogens is 319 g/mol. The first kappa shape index (κ1) is 15.7. The van der Waals surface area contributed by atoms with Crippen LogP contribution in [0.2, 0.25) is 5.02 Å². The highest BCUT2D eigenvalue weighted by atomic mass is 35.5. The average molecular weight is 327 g/mol. The number of hydrazine groups is 1. The Morgan fingerprint density at radius 2 is 1.57 bits per heavy atom. The maximum atomic E-state index is 13.8. The van der Waals surface area contributed by atoms with Gasteiger partial charge < -0.3 is 0 Å². The molecule has 0 radical (unpaired) electrons. The summed E-state index contributed by atoms with van der Waals surface area (Å²) in [4.78, 5) is 0. The predicted molar refractivity (Wildman–Crippen MR) is 63.6 cm³/mol. The van der Waals surface area contributed by atoms with E-state index in [1.54, 1.807) is 0 Å². The van der Waals surface area contributed by atoms with Crippen LogP contribution in [0, 0.1) is 29.1 Å². The van der Waals surface area contributed by atoms with Gasteiger partial charge in [-0.15, -0.1) is 0 Å². The number of halogens is 6. The minimum Gasteiger partial charge on any atom is -0.271 e. The van der Waals surface area contributed by atoms with Crippen molar-refractivity contribution in [3.8, 4) is 0 Å². The first-order valence-corrected chi connectivity index (χ1v) is 5.83. The van der Waals surface area contributed by atoms with Gasteiger partial charge in [-0.1, -0.05) is 11.6 Å².